The molecule has 1 aromatic carbocycles. The van der Waals surface area contributed by atoms with Crippen LogP contribution in [0.5, 0.6) is 0 Å². The molecule has 4 heteroatoms. The highest BCUT2D eigenvalue weighted by Crippen LogP contribution is 2.43. The monoisotopic (exact) mass is 315 g/mol. The number of benzene rings is 1. The average molecular weight is 316 g/mol. The summed E-state index contributed by atoms with van der Waals surface area (Å²) in [5.74, 6) is 2.06. The van der Waals surface area contributed by atoms with E-state index in [1.54, 1.807) is 0 Å². The third kappa shape index (κ3) is 2.34. The van der Waals surface area contributed by atoms with Crippen LogP contribution in [0.4, 0.5) is 0 Å². The first kappa shape index (κ1) is 13.9. The van der Waals surface area contributed by atoms with Crippen molar-refractivity contribution in [2.24, 2.45) is 17.8 Å². The molecule has 4 atom stereocenters. The minimum atomic E-state index is -0.137. The van der Waals surface area contributed by atoms with E-state index in [4.69, 9.17) is 16.0 Å². The van der Waals surface area contributed by atoms with Crippen LogP contribution in [0, 0.1) is 17.8 Å². The van der Waals surface area contributed by atoms with Crippen LogP contribution in [0.15, 0.2) is 40.8 Å². The van der Waals surface area contributed by atoms with Crippen molar-refractivity contribution in [3.63, 3.8) is 0 Å². The predicted octanol–water partition coefficient (Wildman–Crippen LogP) is 4.48. The summed E-state index contributed by atoms with van der Waals surface area (Å²) in [4.78, 5) is 12.5. The molecule has 2 bridgehead atoms. The van der Waals surface area contributed by atoms with E-state index >= 15 is 0 Å². The lowest BCUT2D eigenvalue weighted by molar-refractivity contribution is -0.126. The number of amides is 1. The van der Waals surface area contributed by atoms with Crippen molar-refractivity contribution >= 4 is 28.5 Å². The standard InChI is InChI=1S/C18H18ClNO2/c1-10(17-9-13-8-14(19)4-5-16(13)22-17)20-18(21)15-7-11-2-3-12(15)6-11/h2-5,8-12,15H,6-7H2,1H3,(H,20,21)/t10-,11-,12+,15-/m1/s1. The van der Waals surface area contributed by atoms with Gasteiger partial charge in [-0.3, -0.25) is 4.79 Å². The van der Waals surface area contributed by atoms with Crippen LogP contribution in [0.2, 0.25) is 5.02 Å². The smallest absolute Gasteiger partial charge is 0.224 e. The fraction of sp³-hybridized carbons (Fsp3) is 0.389. The normalized spacial score (nSPS) is 27.5. The number of rotatable bonds is 3. The quantitative estimate of drug-likeness (QED) is 0.849. The summed E-state index contributed by atoms with van der Waals surface area (Å²) in [6, 6.07) is 7.35. The van der Waals surface area contributed by atoms with Gasteiger partial charge in [-0.2, -0.15) is 0 Å². The molecule has 0 saturated heterocycles. The molecule has 0 spiro atoms. The number of carbonyl (C=O) groups is 1. The molecular weight excluding hydrogens is 298 g/mol. The number of hydrogen-bond donors (Lipinski definition) is 1. The molecule has 1 aromatic heterocycles. The van der Waals surface area contributed by atoms with Gasteiger partial charge in [-0.15, -0.1) is 0 Å². The summed E-state index contributed by atoms with van der Waals surface area (Å²) in [6.07, 6.45) is 6.57. The lowest BCUT2D eigenvalue weighted by atomic mass is 9.92. The Balaban J connectivity index is 1.49. The Morgan fingerprint density at radius 3 is 2.91 bits per heavy atom. The van der Waals surface area contributed by atoms with Gasteiger partial charge in [-0.1, -0.05) is 23.8 Å². The molecule has 0 aliphatic heterocycles. The summed E-state index contributed by atoms with van der Waals surface area (Å²) >= 11 is 6.00. The lowest BCUT2D eigenvalue weighted by Gasteiger charge is -2.20. The third-order valence-corrected chi connectivity index (χ3v) is 5.13. The first-order chi connectivity index (χ1) is 10.6. The number of halogens is 1. The molecule has 0 radical (unpaired) electrons. The highest BCUT2D eigenvalue weighted by atomic mass is 35.5. The highest BCUT2D eigenvalue weighted by Gasteiger charge is 2.40. The van der Waals surface area contributed by atoms with Crippen LogP contribution in [-0.4, -0.2) is 5.91 Å². The van der Waals surface area contributed by atoms with Gasteiger partial charge in [0.1, 0.15) is 11.3 Å². The maximum atomic E-state index is 12.5. The van der Waals surface area contributed by atoms with Gasteiger partial charge in [0, 0.05) is 16.3 Å². The molecule has 2 aliphatic carbocycles. The second kappa shape index (κ2) is 5.17. The first-order valence-corrected chi connectivity index (χ1v) is 8.15. The maximum absolute atomic E-state index is 12.5. The highest BCUT2D eigenvalue weighted by molar-refractivity contribution is 6.31. The molecule has 1 fully saturated rings. The summed E-state index contributed by atoms with van der Waals surface area (Å²) < 4.78 is 5.82. The van der Waals surface area contributed by atoms with Crippen molar-refractivity contribution in [1.82, 2.24) is 5.32 Å². The zero-order valence-electron chi connectivity index (χ0n) is 12.4. The molecule has 22 heavy (non-hydrogen) atoms. The molecule has 3 nitrogen and oxygen atoms in total. The van der Waals surface area contributed by atoms with E-state index in [0.717, 1.165) is 29.6 Å². The first-order valence-electron chi connectivity index (χ1n) is 7.78. The molecule has 1 amide bonds. The topological polar surface area (TPSA) is 42.2 Å². The van der Waals surface area contributed by atoms with Crippen LogP contribution in [0.1, 0.15) is 31.6 Å². The Kier molecular flexibility index (Phi) is 3.26. The van der Waals surface area contributed by atoms with Gasteiger partial charge in [0.25, 0.3) is 0 Å². The summed E-state index contributed by atoms with van der Waals surface area (Å²) in [7, 11) is 0. The molecule has 114 valence electrons. The second-order valence-corrected chi connectivity index (χ2v) is 6.88. The number of carbonyl (C=O) groups excluding carboxylic acids is 1. The molecule has 2 aromatic rings. The number of furan rings is 1. The van der Waals surface area contributed by atoms with Crippen molar-refractivity contribution < 1.29 is 9.21 Å². The largest absolute Gasteiger partial charge is 0.459 e. The number of allylic oxidation sites excluding steroid dienone is 2. The molecule has 1 heterocycles. The number of fused-ring (bicyclic) bond motifs is 3. The van der Waals surface area contributed by atoms with Gasteiger partial charge in [-0.25, -0.2) is 0 Å². The van der Waals surface area contributed by atoms with Gasteiger partial charge in [0.2, 0.25) is 5.91 Å². The van der Waals surface area contributed by atoms with E-state index < -0.39 is 0 Å². The van der Waals surface area contributed by atoms with Gasteiger partial charge in [0.05, 0.1) is 6.04 Å². The van der Waals surface area contributed by atoms with E-state index in [2.05, 4.69) is 17.5 Å². The molecule has 1 saturated carbocycles. The van der Waals surface area contributed by atoms with Crippen LogP contribution in [0.25, 0.3) is 11.0 Å². The Morgan fingerprint density at radius 1 is 1.32 bits per heavy atom. The predicted molar refractivity (Wildman–Crippen MR) is 86.6 cm³/mol. The van der Waals surface area contributed by atoms with E-state index in [1.807, 2.05) is 31.2 Å². The van der Waals surface area contributed by atoms with Crippen molar-refractivity contribution in [2.75, 3.05) is 0 Å². The van der Waals surface area contributed by atoms with Gasteiger partial charge < -0.3 is 9.73 Å². The number of hydrogen-bond acceptors (Lipinski definition) is 2. The van der Waals surface area contributed by atoms with E-state index in [0.29, 0.717) is 16.9 Å². The van der Waals surface area contributed by atoms with Crippen molar-refractivity contribution in [1.29, 1.82) is 0 Å². The summed E-state index contributed by atoms with van der Waals surface area (Å²) in [5, 5.41) is 4.75. The zero-order chi connectivity index (χ0) is 15.3. The summed E-state index contributed by atoms with van der Waals surface area (Å²) in [5.41, 5.74) is 0.795. The van der Waals surface area contributed by atoms with Crippen LogP contribution < -0.4 is 5.32 Å². The molecular formula is C18H18ClNO2. The number of nitrogens with one attached hydrogen (secondary N) is 1. The second-order valence-electron chi connectivity index (χ2n) is 6.45. The fourth-order valence-electron chi connectivity index (χ4n) is 3.72. The molecule has 2 aliphatic rings. The maximum Gasteiger partial charge on any atom is 0.224 e. The zero-order valence-corrected chi connectivity index (χ0v) is 13.1. The Hall–Kier alpha value is -1.74. The Bertz CT molecular complexity index is 764. The van der Waals surface area contributed by atoms with Crippen LogP contribution in [0.3, 0.4) is 0 Å². The molecule has 0 unspecified atom stereocenters. The van der Waals surface area contributed by atoms with E-state index in [9.17, 15) is 4.79 Å². The third-order valence-electron chi connectivity index (χ3n) is 4.90. The van der Waals surface area contributed by atoms with Crippen molar-refractivity contribution in [3.05, 3.63) is 47.2 Å². The fourth-order valence-corrected chi connectivity index (χ4v) is 3.90. The van der Waals surface area contributed by atoms with E-state index in [-0.39, 0.29) is 17.9 Å². The SMILES string of the molecule is C[C@@H](NC(=O)[C@@H]1C[C@@H]2C=C[C@H]1C2)c1cc2cc(Cl)ccc2o1. The van der Waals surface area contributed by atoms with Gasteiger partial charge >= 0.3 is 0 Å². The minimum absolute atomic E-state index is 0.122. The van der Waals surface area contributed by atoms with Gasteiger partial charge in [0.15, 0.2) is 0 Å². The summed E-state index contributed by atoms with van der Waals surface area (Å²) in [6.45, 7) is 1.96. The molecule has 4 rings (SSSR count). The Morgan fingerprint density at radius 2 is 2.18 bits per heavy atom. The van der Waals surface area contributed by atoms with Gasteiger partial charge in [-0.05, 0) is 55.9 Å². The van der Waals surface area contributed by atoms with Crippen LogP contribution >= 0.6 is 11.6 Å². The average Bonchev–Trinajstić information content (AvgIpc) is 3.20. The molecule has 1 N–H and O–H groups in total. The lowest BCUT2D eigenvalue weighted by Crippen LogP contribution is -2.34. The van der Waals surface area contributed by atoms with Crippen molar-refractivity contribution in [2.45, 2.75) is 25.8 Å². The Labute approximate surface area is 134 Å². The van der Waals surface area contributed by atoms with Crippen molar-refractivity contribution in [3.8, 4) is 0 Å². The van der Waals surface area contributed by atoms with E-state index in [1.165, 1.54) is 0 Å². The minimum Gasteiger partial charge on any atom is -0.459 e. The van der Waals surface area contributed by atoms with Crippen LogP contribution in [-0.2, 0) is 4.79 Å².